The molecule has 6 heteroatoms. The first-order chi connectivity index (χ1) is 11.0. The molecule has 1 amide bonds. The third kappa shape index (κ3) is 3.11. The molecule has 0 aliphatic heterocycles. The van der Waals surface area contributed by atoms with E-state index in [4.69, 9.17) is 4.42 Å². The van der Waals surface area contributed by atoms with Gasteiger partial charge in [0.1, 0.15) is 5.82 Å². The van der Waals surface area contributed by atoms with E-state index >= 15 is 0 Å². The zero-order valence-corrected chi connectivity index (χ0v) is 12.6. The molecule has 1 N–H and O–H groups in total. The number of rotatable bonds is 3. The Morgan fingerprint density at radius 2 is 1.91 bits per heavy atom. The SMILES string of the molecule is Cc1ccc(C)c(NC(=O)c2nnc(-c3ccccc3F)o2)c1. The van der Waals surface area contributed by atoms with E-state index in [0.29, 0.717) is 5.69 Å². The van der Waals surface area contributed by atoms with Crippen molar-refractivity contribution in [3.05, 3.63) is 65.3 Å². The lowest BCUT2D eigenvalue weighted by Gasteiger charge is -2.07. The summed E-state index contributed by atoms with van der Waals surface area (Å²) in [4.78, 5) is 12.2. The molecule has 0 radical (unpaired) electrons. The number of carbonyl (C=O) groups is 1. The van der Waals surface area contributed by atoms with E-state index in [9.17, 15) is 9.18 Å². The number of benzene rings is 2. The fraction of sp³-hybridized carbons (Fsp3) is 0.118. The molecular weight excluding hydrogens is 297 g/mol. The Labute approximate surface area is 132 Å². The fourth-order valence-corrected chi connectivity index (χ4v) is 2.10. The molecule has 0 bridgehead atoms. The molecule has 0 saturated carbocycles. The van der Waals surface area contributed by atoms with E-state index in [1.165, 1.54) is 12.1 Å². The van der Waals surface area contributed by atoms with Gasteiger partial charge in [-0.25, -0.2) is 4.39 Å². The van der Waals surface area contributed by atoms with Crippen LogP contribution in [-0.4, -0.2) is 16.1 Å². The summed E-state index contributed by atoms with van der Waals surface area (Å²) in [5, 5.41) is 10.1. The molecule has 2 aromatic carbocycles. The van der Waals surface area contributed by atoms with Crippen LogP contribution in [0.1, 0.15) is 21.8 Å². The highest BCUT2D eigenvalue weighted by molar-refractivity contribution is 6.01. The second-order valence-electron chi connectivity index (χ2n) is 5.16. The van der Waals surface area contributed by atoms with E-state index in [1.807, 2.05) is 32.0 Å². The molecule has 0 fully saturated rings. The van der Waals surface area contributed by atoms with Crippen LogP contribution in [0.3, 0.4) is 0 Å². The van der Waals surface area contributed by atoms with Crippen molar-refractivity contribution in [1.82, 2.24) is 10.2 Å². The molecule has 23 heavy (non-hydrogen) atoms. The number of carbonyl (C=O) groups excluding carboxylic acids is 1. The Kier molecular flexibility index (Phi) is 3.89. The molecule has 0 atom stereocenters. The quantitative estimate of drug-likeness (QED) is 0.800. The maximum absolute atomic E-state index is 13.7. The zero-order valence-electron chi connectivity index (χ0n) is 12.6. The highest BCUT2D eigenvalue weighted by Crippen LogP contribution is 2.22. The molecule has 5 nitrogen and oxygen atoms in total. The first-order valence-corrected chi connectivity index (χ1v) is 7.01. The van der Waals surface area contributed by atoms with Crippen molar-refractivity contribution in [1.29, 1.82) is 0 Å². The van der Waals surface area contributed by atoms with E-state index in [-0.39, 0.29) is 17.3 Å². The molecule has 0 aliphatic rings. The first kappa shape index (κ1) is 14.9. The second-order valence-corrected chi connectivity index (χ2v) is 5.16. The molecule has 0 saturated heterocycles. The Morgan fingerprint density at radius 3 is 2.70 bits per heavy atom. The number of halogens is 1. The molecular formula is C17H14FN3O2. The van der Waals surface area contributed by atoms with Crippen LogP contribution in [0, 0.1) is 19.7 Å². The van der Waals surface area contributed by atoms with Crippen LogP contribution in [0.4, 0.5) is 10.1 Å². The van der Waals surface area contributed by atoms with Gasteiger partial charge in [0.15, 0.2) is 0 Å². The smallest absolute Gasteiger partial charge is 0.313 e. The van der Waals surface area contributed by atoms with Gasteiger partial charge < -0.3 is 9.73 Å². The normalized spacial score (nSPS) is 10.6. The summed E-state index contributed by atoms with van der Waals surface area (Å²) in [6, 6.07) is 11.7. The predicted octanol–water partition coefficient (Wildman–Crippen LogP) is 3.74. The van der Waals surface area contributed by atoms with Gasteiger partial charge in [-0.3, -0.25) is 4.79 Å². The van der Waals surface area contributed by atoms with Gasteiger partial charge in [-0.1, -0.05) is 24.3 Å². The molecule has 116 valence electrons. The van der Waals surface area contributed by atoms with Crippen molar-refractivity contribution in [3.8, 4) is 11.5 Å². The Morgan fingerprint density at radius 1 is 1.13 bits per heavy atom. The Bertz CT molecular complexity index is 874. The maximum atomic E-state index is 13.7. The summed E-state index contributed by atoms with van der Waals surface area (Å²) >= 11 is 0. The Hall–Kier alpha value is -3.02. The molecule has 0 aliphatic carbocycles. The van der Waals surface area contributed by atoms with E-state index in [2.05, 4.69) is 15.5 Å². The number of nitrogens with zero attached hydrogens (tertiary/aromatic N) is 2. The van der Waals surface area contributed by atoms with Gasteiger partial charge in [-0.2, -0.15) is 0 Å². The molecule has 0 unspecified atom stereocenters. The van der Waals surface area contributed by atoms with Crippen molar-refractivity contribution in [3.63, 3.8) is 0 Å². The lowest BCUT2D eigenvalue weighted by atomic mass is 10.1. The summed E-state index contributed by atoms with van der Waals surface area (Å²) in [5.74, 6) is -1.27. The topological polar surface area (TPSA) is 68.0 Å². The summed E-state index contributed by atoms with van der Waals surface area (Å²) in [7, 11) is 0. The Balaban J connectivity index is 1.84. The number of amides is 1. The van der Waals surface area contributed by atoms with Crippen molar-refractivity contribution in [2.24, 2.45) is 0 Å². The van der Waals surface area contributed by atoms with Gasteiger partial charge in [0, 0.05) is 5.69 Å². The first-order valence-electron chi connectivity index (χ1n) is 7.01. The van der Waals surface area contributed by atoms with Crippen LogP contribution in [0.2, 0.25) is 0 Å². The minimum Gasteiger partial charge on any atom is -0.412 e. The standard InChI is InChI=1S/C17H14FN3O2/c1-10-7-8-11(2)14(9-10)19-15(22)17-21-20-16(23-17)12-5-3-4-6-13(12)18/h3-9H,1-2H3,(H,19,22). The highest BCUT2D eigenvalue weighted by atomic mass is 19.1. The fourth-order valence-electron chi connectivity index (χ4n) is 2.10. The number of nitrogens with one attached hydrogen (secondary N) is 1. The van der Waals surface area contributed by atoms with Gasteiger partial charge in [0.05, 0.1) is 5.56 Å². The number of aryl methyl sites for hydroxylation is 2. The number of anilines is 1. The summed E-state index contributed by atoms with van der Waals surface area (Å²) in [5.41, 5.74) is 2.76. The molecule has 3 aromatic rings. The minimum atomic E-state index is -0.534. The summed E-state index contributed by atoms with van der Waals surface area (Å²) < 4.78 is 19.0. The lowest BCUT2D eigenvalue weighted by molar-refractivity contribution is 0.0990. The minimum absolute atomic E-state index is 0.0331. The van der Waals surface area contributed by atoms with Gasteiger partial charge in [0.25, 0.3) is 5.89 Å². The second kappa shape index (κ2) is 6.00. The van der Waals surface area contributed by atoms with E-state index < -0.39 is 11.7 Å². The molecule has 0 spiro atoms. The van der Waals surface area contributed by atoms with Crippen molar-refractivity contribution in [2.75, 3.05) is 5.32 Å². The molecule has 3 rings (SSSR count). The van der Waals surface area contributed by atoms with Crippen LogP contribution in [-0.2, 0) is 0 Å². The third-order valence-corrected chi connectivity index (χ3v) is 3.36. The van der Waals surface area contributed by atoms with Crippen LogP contribution in [0.25, 0.3) is 11.5 Å². The lowest BCUT2D eigenvalue weighted by Crippen LogP contribution is -2.13. The summed E-state index contributed by atoms with van der Waals surface area (Å²) in [6.45, 7) is 3.81. The summed E-state index contributed by atoms with van der Waals surface area (Å²) in [6.07, 6.45) is 0. The van der Waals surface area contributed by atoms with Crippen molar-refractivity contribution < 1.29 is 13.6 Å². The maximum Gasteiger partial charge on any atom is 0.313 e. The molecule has 1 heterocycles. The number of aromatic nitrogens is 2. The predicted molar refractivity (Wildman–Crippen MR) is 83.6 cm³/mol. The average molecular weight is 311 g/mol. The van der Waals surface area contributed by atoms with Gasteiger partial charge in [-0.15, -0.1) is 10.2 Å². The van der Waals surface area contributed by atoms with Crippen molar-refractivity contribution in [2.45, 2.75) is 13.8 Å². The third-order valence-electron chi connectivity index (χ3n) is 3.36. The van der Waals surface area contributed by atoms with Crippen LogP contribution in [0.5, 0.6) is 0 Å². The highest BCUT2D eigenvalue weighted by Gasteiger charge is 2.18. The van der Waals surface area contributed by atoms with E-state index in [1.54, 1.807) is 12.1 Å². The van der Waals surface area contributed by atoms with Gasteiger partial charge in [-0.05, 0) is 43.2 Å². The number of hydrogen-bond acceptors (Lipinski definition) is 4. The van der Waals surface area contributed by atoms with Crippen LogP contribution < -0.4 is 5.32 Å². The van der Waals surface area contributed by atoms with Crippen LogP contribution >= 0.6 is 0 Å². The number of hydrogen-bond donors (Lipinski definition) is 1. The molecule has 1 aromatic heterocycles. The van der Waals surface area contributed by atoms with Crippen molar-refractivity contribution >= 4 is 11.6 Å². The van der Waals surface area contributed by atoms with Crippen LogP contribution in [0.15, 0.2) is 46.9 Å². The zero-order chi connectivity index (χ0) is 16.4. The van der Waals surface area contributed by atoms with Gasteiger partial charge in [0.2, 0.25) is 0 Å². The monoisotopic (exact) mass is 311 g/mol. The van der Waals surface area contributed by atoms with E-state index in [0.717, 1.165) is 11.1 Å². The van der Waals surface area contributed by atoms with Gasteiger partial charge >= 0.3 is 11.8 Å². The largest absolute Gasteiger partial charge is 0.412 e. The average Bonchev–Trinajstić information content (AvgIpc) is 3.01.